The molecule has 2 aromatic carbocycles. The summed E-state index contributed by atoms with van der Waals surface area (Å²) in [6.07, 6.45) is 9.30. The van der Waals surface area contributed by atoms with Crippen molar-refractivity contribution in [1.82, 2.24) is 14.9 Å². The predicted octanol–water partition coefficient (Wildman–Crippen LogP) is 5.57. The van der Waals surface area contributed by atoms with Crippen LogP contribution in [0, 0.1) is 5.92 Å². The molecule has 1 atom stereocenters. The lowest BCUT2D eigenvalue weighted by Gasteiger charge is -2.31. The normalized spacial score (nSPS) is 19.7. The fraction of sp³-hybridized carbons (Fsp3) is 0.500. The van der Waals surface area contributed by atoms with Gasteiger partial charge in [-0.25, -0.2) is 9.97 Å². The number of anilines is 1. The van der Waals surface area contributed by atoms with Crippen molar-refractivity contribution in [3.8, 4) is 17.0 Å². The minimum absolute atomic E-state index is 0.655. The fourth-order valence-electron chi connectivity index (χ4n) is 5.51. The highest BCUT2D eigenvalue weighted by atomic mass is 16.5. The number of hydrogen-bond donors (Lipinski definition) is 0. The lowest BCUT2D eigenvalue weighted by Crippen LogP contribution is -2.36. The third kappa shape index (κ3) is 4.98. The molecule has 174 valence electrons. The molecule has 1 aromatic heterocycles. The largest absolute Gasteiger partial charge is 0.497 e. The van der Waals surface area contributed by atoms with Crippen LogP contribution in [0.25, 0.3) is 22.0 Å². The molecule has 2 aliphatic heterocycles. The standard InChI is InChI=1S/C28H36N4O/c1-3-31-13-7-8-21(20-31)16-28-29-12-11-26(30-28)23-17-22-9-10-24(33-2)19-25(22)27(18-23)32-14-5-4-6-15-32/h9-12,17-19,21H,3-8,13-16,20H2,1-2H3. The van der Waals surface area contributed by atoms with Gasteiger partial charge in [-0.1, -0.05) is 13.0 Å². The number of nitrogens with zero attached hydrogens (tertiary/aromatic N) is 4. The molecule has 33 heavy (non-hydrogen) atoms. The van der Waals surface area contributed by atoms with Crippen LogP contribution in [-0.4, -0.2) is 54.7 Å². The summed E-state index contributed by atoms with van der Waals surface area (Å²) in [5.41, 5.74) is 3.50. The molecular weight excluding hydrogens is 408 g/mol. The van der Waals surface area contributed by atoms with Gasteiger partial charge in [0.05, 0.1) is 12.8 Å². The highest BCUT2D eigenvalue weighted by molar-refractivity contribution is 5.98. The molecule has 0 amide bonds. The molecule has 2 aliphatic rings. The van der Waals surface area contributed by atoms with Crippen molar-refractivity contribution in [1.29, 1.82) is 0 Å². The van der Waals surface area contributed by atoms with Gasteiger partial charge in [0, 0.05) is 48.9 Å². The number of methoxy groups -OCH3 is 1. The zero-order valence-corrected chi connectivity index (χ0v) is 20.1. The number of piperidine rings is 2. The van der Waals surface area contributed by atoms with Crippen LogP contribution in [0.4, 0.5) is 5.69 Å². The first-order valence-electron chi connectivity index (χ1n) is 12.6. The Kier molecular flexibility index (Phi) is 6.77. The van der Waals surface area contributed by atoms with Crippen LogP contribution in [0.1, 0.15) is 44.9 Å². The lowest BCUT2D eigenvalue weighted by molar-refractivity contribution is 0.181. The Labute approximate surface area is 197 Å². The number of rotatable bonds is 6. The molecule has 0 radical (unpaired) electrons. The van der Waals surface area contributed by atoms with E-state index in [0.717, 1.165) is 43.3 Å². The lowest BCUT2D eigenvalue weighted by atomic mass is 9.94. The van der Waals surface area contributed by atoms with Crippen LogP contribution in [0.15, 0.2) is 42.6 Å². The summed E-state index contributed by atoms with van der Waals surface area (Å²) in [5.74, 6) is 2.54. The Hall–Kier alpha value is -2.66. The third-order valence-electron chi connectivity index (χ3n) is 7.36. The highest BCUT2D eigenvalue weighted by Crippen LogP contribution is 2.36. The average molecular weight is 445 g/mol. The molecule has 3 aromatic rings. The minimum Gasteiger partial charge on any atom is -0.497 e. The van der Waals surface area contributed by atoms with Gasteiger partial charge in [-0.2, -0.15) is 0 Å². The molecule has 3 heterocycles. The van der Waals surface area contributed by atoms with Gasteiger partial charge >= 0.3 is 0 Å². The van der Waals surface area contributed by atoms with E-state index >= 15 is 0 Å². The number of benzene rings is 2. The zero-order chi connectivity index (χ0) is 22.6. The second-order valence-corrected chi connectivity index (χ2v) is 9.59. The van der Waals surface area contributed by atoms with Crippen LogP contribution in [-0.2, 0) is 6.42 Å². The SMILES string of the molecule is CCN1CCCC(Cc2nccc(-c3cc(N4CCCCC4)c4cc(OC)ccc4c3)n2)C1. The summed E-state index contributed by atoms with van der Waals surface area (Å²) in [7, 11) is 1.74. The summed E-state index contributed by atoms with van der Waals surface area (Å²) in [4.78, 5) is 14.8. The van der Waals surface area contributed by atoms with E-state index in [2.05, 4.69) is 58.1 Å². The molecule has 0 saturated carbocycles. The van der Waals surface area contributed by atoms with E-state index in [1.165, 1.54) is 67.2 Å². The first-order valence-corrected chi connectivity index (χ1v) is 12.6. The summed E-state index contributed by atoms with van der Waals surface area (Å²) in [6.45, 7) is 8.02. The Bertz CT molecular complexity index is 1090. The molecular formula is C28H36N4O. The van der Waals surface area contributed by atoms with E-state index in [4.69, 9.17) is 9.72 Å². The number of ether oxygens (including phenoxy) is 1. The fourth-order valence-corrected chi connectivity index (χ4v) is 5.51. The van der Waals surface area contributed by atoms with Crippen molar-refractivity contribution in [3.63, 3.8) is 0 Å². The zero-order valence-electron chi connectivity index (χ0n) is 20.1. The van der Waals surface area contributed by atoms with Gasteiger partial charge in [0.15, 0.2) is 0 Å². The van der Waals surface area contributed by atoms with Crippen LogP contribution in [0.5, 0.6) is 5.75 Å². The van der Waals surface area contributed by atoms with E-state index in [1.807, 2.05) is 6.20 Å². The number of aromatic nitrogens is 2. The molecule has 0 spiro atoms. The predicted molar refractivity (Wildman–Crippen MR) is 136 cm³/mol. The maximum atomic E-state index is 5.54. The topological polar surface area (TPSA) is 41.5 Å². The molecule has 5 nitrogen and oxygen atoms in total. The number of fused-ring (bicyclic) bond motifs is 1. The number of hydrogen-bond acceptors (Lipinski definition) is 5. The van der Waals surface area contributed by atoms with E-state index in [-0.39, 0.29) is 0 Å². The highest BCUT2D eigenvalue weighted by Gasteiger charge is 2.21. The van der Waals surface area contributed by atoms with Crippen LogP contribution < -0.4 is 9.64 Å². The maximum Gasteiger partial charge on any atom is 0.129 e. The Morgan fingerprint density at radius 3 is 2.70 bits per heavy atom. The molecule has 2 fully saturated rings. The molecule has 0 N–H and O–H groups in total. The Balaban J connectivity index is 1.48. The smallest absolute Gasteiger partial charge is 0.129 e. The third-order valence-corrected chi connectivity index (χ3v) is 7.36. The quantitative estimate of drug-likeness (QED) is 0.497. The van der Waals surface area contributed by atoms with E-state index in [9.17, 15) is 0 Å². The van der Waals surface area contributed by atoms with E-state index in [0.29, 0.717) is 5.92 Å². The minimum atomic E-state index is 0.655. The van der Waals surface area contributed by atoms with Gasteiger partial charge in [-0.3, -0.25) is 0 Å². The van der Waals surface area contributed by atoms with Crippen molar-refractivity contribution >= 4 is 16.5 Å². The Morgan fingerprint density at radius 1 is 1.00 bits per heavy atom. The molecule has 2 saturated heterocycles. The van der Waals surface area contributed by atoms with Gasteiger partial charge < -0.3 is 14.5 Å². The van der Waals surface area contributed by atoms with Crippen LogP contribution >= 0.6 is 0 Å². The van der Waals surface area contributed by atoms with Crippen molar-refractivity contribution < 1.29 is 4.74 Å². The molecule has 5 rings (SSSR count). The van der Waals surface area contributed by atoms with Gasteiger partial charge in [-0.05, 0) is 86.8 Å². The summed E-state index contributed by atoms with van der Waals surface area (Å²) in [6, 6.07) is 13.1. The van der Waals surface area contributed by atoms with Gasteiger partial charge in [0.25, 0.3) is 0 Å². The molecule has 1 unspecified atom stereocenters. The van der Waals surface area contributed by atoms with E-state index < -0.39 is 0 Å². The van der Waals surface area contributed by atoms with E-state index in [1.54, 1.807) is 7.11 Å². The summed E-state index contributed by atoms with van der Waals surface area (Å²) in [5, 5.41) is 2.50. The van der Waals surface area contributed by atoms with Gasteiger partial charge in [0.1, 0.15) is 11.6 Å². The van der Waals surface area contributed by atoms with Crippen molar-refractivity contribution in [2.45, 2.75) is 45.4 Å². The van der Waals surface area contributed by atoms with Crippen LogP contribution in [0.2, 0.25) is 0 Å². The van der Waals surface area contributed by atoms with Crippen molar-refractivity contribution in [3.05, 3.63) is 48.4 Å². The second-order valence-electron chi connectivity index (χ2n) is 9.59. The Morgan fingerprint density at radius 2 is 1.88 bits per heavy atom. The second kappa shape index (κ2) is 10.1. The molecule has 0 aliphatic carbocycles. The number of likely N-dealkylation sites (tertiary alicyclic amines) is 1. The monoisotopic (exact) mass is 444 g/mol. The first-order chi connectivity index (χ1) is 16.2. The first kappa shape index (κ1) is 22.1. The average Bonchev–Trinajstić information content (AvgIpc) is 2.88. The maximum absolute atomic E-state index is 5.54. The van der Waals surface area contributed by atoms with Crippen LogP contribution in [0.3, 0.4) is 0 Å². The van der Waals surface area contributed by atoms with Gasteiger partial charge in [-0.15, -0.1) is 0 Å². The molecule has 0 bridgehead atoms. The summed E-state index contributed by atoms with van der Waals surface area (Å²) >= 11 is 0. The van der Waals surface area contributed by atoms with Crippen molar-refractivity contribution in [2.24, 2.45) is 5.92 Å². The summed E-state index contributed by atoms with van der Waals surface area (Å²) < 4.78 is 5.54. The van der Waals surface area contributed by atoms with Gasteiger partial charge in [0.2, 0.25) is 0 Å². The van der Waals surface area contributed by atoms with Crippen molar-refractivity contribution in [2.75, 3.05) is 44.7 Å². The molecule has 5 heteroatoms.